The van der Waals surface area contributed by atoms with Crippen LogP contribution >= 0.6 is 11.6 Å². The van der Waals surface area contributed by atoms with Crippen LogP contribution in [0.25, 0.3) is 11.3 Å². The Kier molecular flexibility index (Phi) is 7.51. The highest BCUT2D eigenvalue weighted by Gasteiger charge is 2.29. The number of aliphatic hydroxyl groups excluding tert-OH is 1. The maximum absolute atomic E-state index is 13.3. The number of anilines is 2. The molecule has 3 aromatic rings. The third kappa shape index (κ3) is 6.61. The van der Waals surface area contributed by atoms with Crippen LogP contribution in [0.3, 0.4) is 0 Å². The van der Waals surface area contributed by atoms with Gasteiger partial charge in [-0.1, -0.05) is 11.6 Å². The number of benzene rings is 2. The van der Waals surface area contributed by atoms with Gasteiger partial charge in [0.05, 0.1) is 16.9 Å². The number of aromatic nitrogens is 2. The molecule has 1 atom stereocenters. The maximum Gasteiger partial charge on any atom is 0.405 e. The van der Waals surface area contributed by atoms with Crippen LogP contribution in [0.4, 0.5) is 33.5 Å². The summed E-state index contributed by atoms with van der Waals surface area (Å²) in [5, 5.41) is 14.0. The lowest BCUT2D eigenvalue weighted by Gasteiger charge is -2.14. The van der Waals surface area contributed by atoms with Crippen molar-refractivity contribution < 1.29 is 36.6 Å². The Bertz CT molecular complexity index is 1270. The van der Waals surface area contributed by atoms with E-state index in [0.717, 1.165) is 18.3 Å². The zero-order valence-corrected chi connectivity index (χ0v) is 18.1. The van der Waals surface area contributed by atoms with Gasteiger partial charge in [-0.25, -0.2) is 18.7 Å². The molecule has 3 rings (SSSR count). The highest BCUT2D eigenvalue weighted by atomic mass is 35.5. The minimum Gasteiger partial charge on any atom is -0.382 e. The first-order valence-electron chi connectivity index (χ1n) is 9.56. The molecule has 5 N–H and O–H groups in total. The highest BCUT2D eigenvalue weighted by molar-refractivity contribution is 6.33. The summed E-state index contributed by atoms with van der Waals surface area (Å²) in [4.78, 5) is 32.0. The molecule has 2 aromatic carbocycles. The summed E-state index contributed by atoms with van der Waals surface area (Å²) in [7, 11) is 0. The van der Waals surface area contributed by atoms with Crippen LogP contribution in [0, 0.1) is 11.6 Å². The molecule has 0 unspecified atom stereocenters. The fourth-order valence-electron chi connectivity index (χ4n) is 2.86. The number of nitrogens with one attached hydrogen (secondary N) is 2. The molecule has 0 saturated heterocycles. The predicted molar refractivity (Wildman–Crippen MR) is 115 cm³/mol. The van der Waals surface area contributed by atoms with Crippen LogP contribution in [0.1, 0.15) is 22.2 Å². The second kappa shape index (κ2) is 10.2. The molecule has 8 nitrogen and oxygen atoms in total. The van der Waals surface area contributed by atoms with Crippen LogP contribution in [0.2, 0.25) is 5.02 Å². The van der Waals surface area contributed by atoms with Gasteiger partial charge in [-0.05, 0) is 35.9 Å². The average molecular weight is 516 g/mol. The van der Waals surface area contributed by atoms with Crippen molar-refractivity contribution in [2.75, 3.05) is 17.6 Å². The molecule has 0 aliphatic rings. The fourth-order valence-corrected chi connectivity index (χ4v) is 3.13. The Morgan fingerprint density at radius 3 is 2.37 bits per heavy atom. The molecular formula is C21H15ClF5N5O3. The van der Waals surface area contributed by atoms with Gasteiger partial charge < -0.3 is 21.5 Å². The maximum atomic E-state index is 13.3. The van der Waals surface area contributed by atoms with Gasteiger partial charge in [0.2, 0.25) is 0 Å². The number of nitrogen functional groups attached to an aromatic ring is 1. The van der Waals surface area contributed by atoms with Crippen LogP contribution in [-0.2, 0) is 4.79 Å². The Balaban J connectivity index is 1.79. The third-order valence-corrected chi connectivity index (χ3v) is 4.74. The lowest BCUT2D eigenvalue weighted by atomic mass is 10.1. The number of nitrogens with zero attached hydrogens (tertiary/aromatic N) is 2. The molecule has 0 fully saturated rings. The van der Waals surface area contributed by atoms with Gasteiger partial charge >= 0.3 is 6.18 Å². The quantitative estimate of drug-likeness (QED) is 0.371. The van der Waals surface area contributed by atoms with Gasteiger partial charge in [0.1, 0.15) is 18.2 Å². The Morgan fingerprint density at radius 1 is 1.11 bits per heavy atom. The summed E-state index contributed by atoms with van der Waals surface area (Å²) in [6.07, 6.45) is -5.40. The summed E-state index contributed by atoms with van der Waals surface area (Å²) in [6.45, 7) is -1.60. The van der Waals surface area contributed by atoms with E-state index in [9.17, 15) is 36.6 Å². The molecule has 0 aliphatic carbocycles. The van der Waals surface area contributed by atoms with E-state index in [1.54, 1.807) is 5.32 Å². The second-order valence-corrected chi connectivity index (χ2v) is 7.48. The van der Waals surface area contributed by atoms with Crippen LogP contribution in [0.15, 0.2) is 42.6 Å². The molecule has 1 aromatic heterocycles. The molecule has 1 heterocycles. The smallest absolute Gasteiger partial charge is 0.382 e. The molecule has 0 radical (unpaired) electrons. The van der Waals surface area contributed by atoms with E-state index in [1.807, 2.05) is 0 Å². The van der Waals surface area contributed by atoms with Crippen molar-refractivity contribution in [2.45, 2.75) is 12.3 Å². The molecule has 2 amide bonds. The van der Waals surface area contributed by atoms with Crippen molar-refractivity contribution in [1.29, 1.82) is 0 Å². The zero-order valence-electron chi connectivity index (χ0n) is 17.3. The number of hydrogen-bond donors (Lipinski definition) is 4. The first-order chi connectivity index (χ1) is 16.3. The number of rotatable bonds is 6. The van der Waals surface area contributed by atoms with E-state index in [4.69, 9.17) is 17.3 Å². The van der Waals surface area contributed by atoms with Crippen molar-refractivity contribution in [3.8, 4) is 11.3 Å². The van der Waals surface area contributed by atoms with Gasteiger partial charge in [0.15, 0.2) is 17.6 Å². The largest absolute Gasteiger partial charge is 0.405 e. The van der Waals surface area contributed by atoms with E-state index in [1.165, 1.54) is 18.2 Å². The number of alkyl halides is 3. The first-order valence-corrected chi connectivity index (χ1v) is 9.94. The van der Waals surface area contributed by atoms with E-state index in [0.29, 0.717) is 6.07 Å². The lowest BCUT2D eigenvalue weighted by molar-refractivity contribution is -0.124. The number of amides is 2. The monoisotopic (exact) mass is 515 g/mol. The standard InChI is InChI=1S/C21H15ClF5N5O3/c22-14-6-12(31-20(35)17(33)9-3-10(23)5-11(24)4-9)1-2-13(14)15-7-29-18(28)16(32-15)19(34)30-8-21(25,26)27/h1-7,17,33H,8H2,(H2,28,29)(H,30,34)(H,31,35)/t17-/m0/s1. The molecule has 35 heavy (non-hydrogen) atoms. The predicted octanol–water partition coefficient (Wildman–Crippen LogP) is 3.62. The van der Waals surface area contributed by atoms with E-state index < -0.39 is 53.8 Å². The van der Waals surface area contributed by atoms with Crippen LogP contribution in [-0.4, -0.2) is 39.6 Å². The minimum absolute atomic E-state index is 0.00509. The highest BCUT2D eigenvalue weighted by Crippen LogP contribution is 2.30. The first kappa shape index (κ1) is 25.8. The summed E-state index contributed by atoms with van der Waals surface area (Å²) < 4.78 is 63.8. The van der Waals surface area contributed by atoms with E-state index >= 15 is 0 Å². The fraction of sp³-hybridized carbons (Fsp3) is 0.143. The van der Waals surface area contributed by atoms with Crippen LogP contribution in [0.5, 0.6) is 0 Å². The SMILES string of the molecule is Nc1ncc(-c2ccc(NC(=O)[C@@H](O)c3cc(F)cc(F)c3)cc2Cl)nc1C(=O)NCC(F)(F)F. The Hall–Kier alpha value is -3.84. The third-order valence-electron chi connectivity index (χ3n) is 4.43. The van der Waals surface area contributed by atoms with Gasteiger partial charge in [0, 0.05) is 17.3 Å². The van der Waals surface area contributed by atoms with Crippen molar-refractivity contribution >= 4 is 34.9 Å². The molecule has 14 heteroatoms. The van der Waals surface area contributed by atoms with Crippen molar-refractivity contribution in [3.05, 3.63) is 70.5 Å². The number of halogens is 6. The van der Waals surface area contributed by atoms with Gasteiger partial charge in [0.25, 0.3) is 11.8 Å². The molecule has 0 aliphatic heterocycles. The molecule has 0 spiro atoms. The normalized spacial score (nSPS) is 12.2. The van der Waals surface area contributed by atoms with Crippen molar-refractivity contribution in [1.82, 2.24) is 15.3 Å². The number of aliphatic hydroxyl groups is 1. The lowest BCUT2D eigenvalue weighted by Crippen LogP contribution is -2.34. The van der Waals surface area contributed by atoms with E-state index in [2.05, 4.69) is 15.3 Å². The summed E-state index contributed by atoms with van der Waals surface area (Å²) >= 11 is 6.22. The van der Waals surface area contributed by atoms with E-state index in [-0.39, 0.29) is 27.5 Å². The number of carbonyl (C=O) groups is 2. The average Bonchev–Trinajstić information content (AvgIpc) is 2.76. The van der Waals surface area contributed by atoms with Gasteiger partial charge in [-0.2, -0.15) is 13.2 Å². The number of nitrogens with two attached hydrogens (primary N) is 1. The zero-order chi connectivity index (χ0) is 25.9. The molecule has 0 saturated carbocycles. The summed E-state index contributed by atoms with van der Waals surface area (Å²) in [6, 6.07) is 6.10. The topological polar surface area (TPSA) is 130 Å². The number of carbonyl (C=O) groups excluding carboxylic acids is 2. The molecular weight excluding hydrogens is 501 g/mol. The Morgan fingerprint density at radius 2 is 1.77 bits per heavy atom. The van der Waals surface area contributed by atoms with Gasteiger partial charge in [-0.3, -0.25) is 9.59 Å². The van der Waals surface area contributed by atoms with Crippen LogP contribution < -0.4 is 16.4 Å². The summed E-state index contributed by atoms with van der Waals surface area (Å²) in [5.74, 6) is -4.56. The number of hydrogen-bond acceptors (Lipinski definition) is 6. The molecule has 0 bridgehead atoms. The molecule has 184 valence electrons. The summed E-state index contributed by atoms with van der Waals surface area (Å²) in [5.41, 5.74) is 4.97. The minimum atomic E-state index is -4.64. The second-order valence-electron chi connectivity index (χ2n) is 7.08. The van der Waals surface area contributed by atoms with Gasteiger partial charge in [-0.15, -0.1) is 0 Å². The van der Waals surface area contributed by atoms with Crippen molar-refractivity contribution in [2.24, 2.45) is 0 Å². The van der Waals surface area contributed by atoms with Crippen molar-refractivity contribution in [3.63, 3.8) is 0 Å². The Labute approximate surface area is 198 Å².